The molecule has 2 aliphatic rings. The van der Waals surface area contributed by atoms with Crippen molar-refractivity contribution in [1.29, 1.82) is 0 Å². The van der Waals surface area contributed by atoms with Crippen LogP contribution in [0, 0.1) is 12.7 Å². The van der Waals surface area contributed by atoms with Crippen LogP contribution in [0.4, 0.5) is 4.39 Å². The zero-order chi connectivity index (χ0) is 22.7. The Bertz CT molecular complexity index is 953. The number of hydrogen-bond acceptors (Lipinski definition) is 5. The molecule has 1 atom stereocenters. The second kappa shape index (κ2) is 9.68. The highest BCUT2D eigenvalue weighted by Gasteiger charge is 2.35. The Balaban J connectivity index is 1.30. The number of morpholine rings is 1. The van der Waals surface area contributed by atoms with Gasteiger partial charge in [0.15, 0.2) is 5.69 Å². The van der Waals surface area contributed by atoms with E-state index in [1.807, 2.05) is 23.6 Å². The van der Waals surface area contributed by atoms with Crippen molar-refractivity contribution in [2.45, 2.75) is 45.3 Å². The van der Waals surface area contributed by atoms with E-state index in [1.165, 1.54) is 12.1 Å². The van der Waals surface area contributed by atoms with Crippen LogP contribution in [0.25, 0.3) is 0 Å². The molecule has 2 aromatic rings. The Hall–Kier alpha value is -2.94. The Morgan fingerprint density at radius 3 is 2.66 bits per heavy atom. The molecule has 1 unspecified atom stereocenters. The zero-order valence-electron chi connectivity index (χ0n) is 18.5. The van der Waals surface area contributed by atoms with Crippen LogP contribution in [-0.2, 0) is 16.0 Å². The van der Waals surface area contributed by atoms with Crippen molar-refractivity contribution >= 4 is 11.8 Å². The fourth-order valence-corrected chi connectivity index (χ4v) is 4.34. The predicted molar refractivity (Wildman–Crippen MR) is 115 cm³/mol. The van der Waals surface area contributed by atoms with E-state index in [1.54, 1.807) is 12.1 Å². The summed E-state index contributed by atoms with van der Waals surface area (Å²) in [6.45, 7) is 5.85. The van der Waals surface area contributed by atoms with Crippen LogP contribution in [0.15, 0.2) is 24.3 Å². The van der Waals surface area contributed by atoms with E-state index in [9.17, 15) is 14.0 Å². The van der Waals surface area contributed by atoms with E-state index in [-0.39, 0.29) is 43.0 Å². The number of nitrogens with zero attached hydrogens (tertiary/aromatic N) is 3. The minimum atomic E-state index is -0.318. The van der Waals surface area contributed by atoms with Crippen molar-refractivity contribution in [1.82, 2.24) is 20.0 Å². The summed E-state index contributed by atoms with van der Waals surface area (Å²) in [7, 11) is 0. The topological polar surface area (TPSA) is 87.8 Å². The molecular weight excluding hydrogens is 415 g/mol. The fraction of sp³-hybridized carbons (Fsp3) is 0.522. The number of aromatic nitrogens is 2. The molecule has 1 aromatic carbocycles. The lowest BCUT2D eigenvalue weighted by Crippen LogP contribution is -2.55. The van der Waals surface area contributed by atoms with Gasteiger partial charge in [-0.1, -0.05) is 6.92 Å². The van der Waals surface area contributed by atoms with Gasteiger partial charge in [0, 0.05) is 30.4 Å². The van der Waals surface area contributed by atoms with E-state index < -0.39 is 0 Å². The molecule has 0 aliphatic carbocycles. The van der Waals surface area contributed by atoms with Crippen LogP contribution in [0.5, 0.6) is 5.75 Å². The van der Waals surface area contributed by atoms with Crippen LogP contribution in [-0.4, -0.2) is 76.8 Å². The van der Waals surface area contributed by atoms with E-state index in [4.69, 9.17) is 9.47 Å². The van der Waals surface area contributed by atoms with E-state index in [0.717, 1.165) is 17.7 Å². The standard InChI is InChI=1S/C23H29FN4O4/c1-3-20-15(2)22(26-25-20)23(30)27-10-8-17(9-11-27)28-12-19(32-14-21(28)29)13-31-18-6-4-16(24)5-7-18/h4-7,17,19H,3,8-14H2,1-2H3,(H,25,26). The molecule has 2 amide bonds. The molecule has 0 radical (unpaired) electrons. The average molecular weight is 445 g/mol. The first-order valence-electron chi connectivity index (χ1n) is 11.1. The maximum atomic E-state index is 13.0. The first kappa shape index (κ1) is 22.3. The molecule has 1 aromatic heterocycles. The molecule has 9 heteroatoms. The molecule has 2 saturated heterocycles. The van der Waals surface area contributed by atoms with Gasteiger partial charge in [-0.05, 0) is 50.5 Å². The SMILES string of the molecule is CCc1[nH]nc(C(=O)N2CCC(N3CC(COc4ccc(F)cc4)OCC3=O)CC2)c1C. The molecule has 0 bridgehead atoms. The largest absolute Gasteiger partial charge is 0.491 e. The van der Waals surface area contributed by atoms with Crippen molar-refractivity contribution in [2.24, 2.45) is 0 Å². The zero-order valence-corrected chi connectivity index (χ0v) is 18.5. The third-order valence-electron chi connectivity index (χ3n) is 6.27. The van der Waals surface area contributed by atoms with E-state index in [0.29, 0.717) is 43.9 Å². The smallest absolute Gasteiger partial charge is 0.274 e. The molecule has 2 fully saturated rings. The molecule has 172 valence electrons. The number of likely N-dealkylation sites (tertiary alicyclic amines) is 1. The molecule has 8 nitrogen and oxygen atoms in total. The maximum absolute atomic E-state index is 13.0. The maximum Gasteiger partial charge on any atom is 0.274 e. The number of nitrogens with one attached hydrogen (secondary N) is 1. The van der Waals surface area contributed by atoms with Gasteiger partial charge in [0.25, 0.3) is 5.91 Å². The van der Waals surface area contributed by atoms with Crippen molar-refractivity contribution in [2.75, 3.05) is 32.8 Å². The van der Waals surface area contributed by atoms with Crippen molar-refractivity contribution in [3.63, 3.8) is 0 Å². The lowest BCUT2D eigenvalue weighted by Gasteiger charge is -2.42. The quantitative estimate of drug-likeness (QED) is 0.739. The summed E-state index contributed by atoms with van der Waals surface area (Å²) >= 11 is 0. The second-order valence-corrected chi connectivity index (χ2v) is 8.30. The summed E-state index contributed by atoms with van der Waals surface area (Å²) < 4.78 is 24.4. The van der Waals surface area contributed by atoms with Gasteiger partial charge in [0.2, 0.25) is 5.91 Å². The number of aryl methyl sites for hydroxylation is 1. The van der Waals surface area contributed by atoms with Crippen LogP contribution in [0.3, 0.4) is 0 Å². The molecule has 3 heterocycles. The average Bonchev–Trinajstić information content (AvgIpc) is 3.19. The van der Waals surface area contributed by atoms with Gasteiger partial charge >= 0.3 is 0 Å². The molecule has 0 saturated carbocycles. The van der Waals surface area contributed by atoms with E-state index >= 15 is 0 Å². The summed E-state index contributed by atoms with van der Waals surface area (Å²) in [5.41, 5.74) is 2.38. The second-order valence-electron chi connectivity index (χ2n) is 8.30. The fourth-order valence-electron chi connectivity index (χ4n) is 4.34. The van der Waals surface area contributed by atoms with Crippen molar-refractivity contribution in [3.05, 3.63) is 47.0 Å². The van der Waals surface area contributed by atoms with Gasteiger partial charge in [-0.2, -0.15) is 5.10 Å². The summed E-state index contributed by atoms with van der Waals surface area (Å²) in [6.07, 6.45) is 1.98. The third-order valence-corrected chi connectivity index (χ3v) is 6.27. The number of halogens is 1. The van der Waals surface area contributed by atoms with Crippen LogP contribution >= 0.6 is 0 Å². The highest BCUT2D eigenvalue weighted by Crippen LogP contribution is 2.23. The Morgan fingerprint density at radius 1 is 1.28 bits per heavy atom. The molecule has 0 spiro atoms. The third kappa shape index (κ3) is 4.77. The van der Waals surface area contributed by atoms with Crippen molar-refractivity contribution in [3.8, 4) is 5.75 Å². The predicted octanol–water partition coefficient (Wildman–Crippen LogP) is 2.33. The van der Waals surface area contributed by atoms with Gasteiger partial charge in [-0.15, -0.1) is 0 Å². The van der Waals surface area contributed by atoms with Crippen LogP contribution < -0.4 is 4.74 Å². The first-order chi connectivity index (χ1) is 15.5. The van der Waals surface area contributed by atoms with Crippen molar-refractivity contribution < 1.29 is 23.5 Å². The Morgan fingerprint density at radius 2 is 2.00 bits per heavy atom. The number of carbonyl (C=O) groups excluding carboxylic acids is 2. The van der Waals surface area contributed by atoms with Gasteiger partial charge in [-0.3, -0.25) is 14.7 Å². The number of aromatic amines is 1. The normalized spacial score (nSPS) is 20.0. The van der Waals surface area contributed by atoms with Gasteiger partial charge < -0.3 is 19.3 Å². The highest BCUT2D eigenvalue weighted by atomic mass is 19.1. The van der Waals surface area contributed by atoms with Crippen LogP contribution in [0.1, 0.15) is 41.5 Å². The number of rotatable bonds is 6. The monoisotopic (exact) mass is 444 g/mol. The molecule has 1 N–H and O–H groups in total. The summed E-state index contributed by atoms with van der Waals surface area (Å²) in [5, 5.41) is 7.16. The van der Waals surface area contributed by atoms with Crippen LogP contribution in [0.2, 0.25) is 0 Å². The number of hydrogen-bond donors (Lipinski definition) is 1. The number of amides is 2. The van der Waals surface area contributed by atoms with E-state index in [2.05, 4.69) is 10.2 Å². The lowest BCUT2D eigenvalue weighted by atomic mass is 10.0. The van der Waals surface area contributed by atoms with Gasteiger partial charge in [0.05, 0.1) is 6.54 Å². The number of H-pyrrole nitrogens is 1. The number of ether oxygens (including phenoxy) is 2. The summed E-state index contributed by atoms with van der Waals surface area (Å²) in [4.78, 5) is 29.1. The minimum Gasteiger partial charge on any atom is -0.491 e. The molecule has 2 aliphatic heterocycles. The number of carbonyl (C=O) groups is 2. The molecular formula is C23H29FN4O4. The van der Waals surface area contributed by atoms with Gasteiger partial charge in [-0.25, -0.2) is 4.39 Å². The summed E-state index contributed by atoms with van der Waals surface area (Å²) in [6, 6.07) is 5.89. The summed E-state index contributed by atoms with van der Waals surface area (Å²) in [5.74, 6) is 0.144. The number of piperidine rings is 1. The lowest BCUT2D eigenvalue weighted by molar-refractivity contribution is -0.155. The van der Waals surface area contributed by atoms with Gasteiger partial charge in [0.1, 0.15) is 30.9 Å². The molecule has 32 heavy (non-hydrogen) atoms. The Labute approximate surface area is 186 Å². The first-order valence-corrected chi connectivity index (χ1v) is 11.1. The number of benzene rings is 1. The minimum absolute atomic E-state index is 0.0167. The molecule has 4 rings (SSSR count). The Kier molecular flexibility index (Phi) is 6.74. The highest BCUT2D eigenvalue weighted by molar-refractivity contribution is 5.94.